The zero-order valence-electron chi connectivity index (χ0n) is 26.9. The average molecular weight is 613 g/mol. The smallest absolute Gasteiger partial charge is 0.174 e. The van der Waals surface area contributed by atoms with Crippen LogP contribution >= 0.6 is 0 Å². The number of carbonyl (C=O) groups excluding carboxylic acids is 1. The fourth-order valence-corrected chi connectivity index (χ4v) is 11.6. The van der Waals surface area contributed by atoms with E-state index in [9.17, 15) is 15.0 Å². The zero-order valence-corrected chi connectivity index (χ0v) is 26.9. The number of benzene rings is 2. The van der Waals surface area contributed by atoms with Gasteiger partial charge in [0, 0.05) is 36.0 Å². The molecular weight excluding hydrogens is 564 g/mol. The van der Waals surface area contributed by atoms with Gasteiger partial charge >= 0.3 is 0 Å². The van der Waals surface area contributed by atoms with E-state index in [2.05, 4.69) is 35.0 Å². The van der Waals surface area contributed by atoms with E-state index < -0.39 is 17.1 Å². The number of likely N-dealkylation sites (N-methyl/N-ethyl adjacent to an activating group) is 1. The van der Waals surface area contributed by atoms with Crippen molar-refractivity contribution in [2.75, 3.05) is 33.8 Å². The summed E-state index contributed by atoms with van der Waals surface area (Å²) in [5, 5.41) is 22.3. The van der Waals surface area contributed by atoms with E-state index in [1.54, 1.807) is 24.3 Å². The highest BCUT2D eigenvalue weighted by atomic mass is 16.5. The molecule has 7 heteroatoms. The van der Waals surface area contributed by atoms with Crippen LogP contribution in [0.3, 0.4) is 0 Å². The molecule has 7 atom stereocenters. The Kier molecular flexibility index (Phi) is 6.32. The van der Waals surface area contributed by atoms with Gasteiger partial charge in [0.2, 0.25) is 0 Å². The number of phenols is 1. The first kappa shape index (κ1) is 28.6. The van der Waals surface area contributed by atoms with Gasteiger partial charge < -0.3 is 24.6 Å². The number of ether oxygens (including phenoxy) is 2. The van der Waals surface area contributed by atoms with Crippen molar-refractivity contribution >= 4 is 5.78 Å². The molecule has 2 aromatic rings. The first-order valence-electron chi connectivity index (χ1n) is 17.7. The lowest BCUT2D eigenvalue weighted by Gasteiger charge is -2.62. The fourth-order valence-electron chi connectivity index (χ4n) is 11.6. The van der Waals surface area contributed by atoms with E-state index in [0.29, 0.717) is 24.0 Å². The standard InChI is InChI=1S/C20H23NO4.C18H25NO/c22-13-4-3-12-9-15-20(24)6-5-14(23)18-19(20,16(12)17(13)25-18)7-8-21(15)10-11-1-2-11;1-19-10-9-18-8-4-3-5-15(18)17(19)11-13-6-7-14(20-2)12-16(13)18/h3-4,11,15,18,22,24H,1-2,5-10H2;6-7,12,15,17H,3-5,8-11H2,1-2H3/t15-,18+,19+,20-;15-,17+,18+/m11/s1. The molecule has 0 aromatic heterocycles. The summed E-state index contributed by atoms with van der Waals surface area (Å²) in [6.07, 6.45) is 12.5. The van der Waals surface area contributed by atoms with E-state index in [0.717, 1.165) is 60.7 Å². The second-order valence-corrected chi connectivity index (χ2v) is 15.7. The van der Waals surface area contributed by atoms with Crippen LogP contribution in [0.4, 0.5) is 0 Å². The van der Waals surface area contributed by atoms with Crippen molar-refractivity contribution < 1.29 is 24.5 Å². The highest BCUT2D eigenvalue weighted by molar-refractivity contribution is 5.90. The zero-order chi connectivity index (χ0) is 30.7. The van der Waals surface area contributed by atoms with Crippen molar-refractivity contribution in [3.63, 3.8) is 0 Å². The predicted molar refractivity (Wildman–Crippen MR) is 171 cm³/mol. The molecule has 3 saturated carbocycles. The third kappa shape index (κ3) is 3.84. The molecule has 5 aliphatic carbocycles. The Bertz CT molecular complexity index is 1550. The molecule has 0 unspecified atom stereocenters. The molecule has 10 rings (SSSR count). The number of hydrogen-bond donors (Lipinski definition) is 2. The van der Waals surface area contributed by atoms with Crippen LogP contribution in [0.5, 0.6) is 17.2 Å². The Morgan fingerprint density at radius 2 is 1.84 bits per heavy atom. The normalized spacial score (nSPS) is 39.0. The van der Waals surface area contributed by atoms with Gasteiger partial charge in [-0.25, -0.2) is 0 Å². The second kappa shape index (κ2) is 9.95. The first-order valence-corrected chi connectivity index (χ1v) is 17.7. The Morgan fingerprint density at radius 1 is 1.00 bits per heavy atom. The number of methoxy groups -OCH3 is 1. The molecule has 3 heterocycles. The number of ketones is 1. The van der Waals surface area contributed by atoms with Crippen molar-refractivity contribution in [1.29, 1.82) is 0 Å². The Balaban J connectivity index is 0.000000128. The lowest BCUT2D eigenvalue weighted by Crippen LogP contribution is -2.76. The van der Waals surface area contributed by atoms with E-state index in [-0.39, 0.29) is 17.6 Å². The molecule has 8 aliphatic rings. The molecule has 2 aromatic carbocycles. The number of nitrogens with zero attached hydrogens (tertiary/aromatic N) is 2. The molecular formula is C38H48N2O5. The molecule has 5 fully saturated rings. The van der Waals surface area contributed by atoms with Crippen molar-refractivity contribution in [3.8, 4) is 17.2 Å². The summed E-state index contributed by atoms with van der Waals surface area (Å²) in [6, 6.07) is 11.3. The van der Waals surface area contributed by atoms with Crippen LogP contribution in [-0.4, -0.2) is 83.4 Å². The minimum absolute atomic E-state index is 0.0454. The number of phenolic OH excluding ortho intramolecular Hbond substituents is 1. The summed E-state index contributed by atoms with van der Waals surface area (Å²) in [6.45, 7) is 3.21. The Labute approximate surface area is 266 Å². The van der Waals surface area contributed by atoms with Gasteiger partial charge in [-0.05, 0) is 125 Å². The maximum absolute atomic E-state index is 12.7. The summed E-state index contributed by atoms with van der Waals surface area (Å²) in [4.78, 5) is 17.8. The van der Waals surface area contributed by atoms with Gasteiger partial charge in [0.1, 0.15) is 5.75 Å². The number of hydrogen-bond acceptors (Lipinski definition) is 7. The number of likely N-dealkylation sites (tertiary alicyclic amines) is 2. The van der Waals surface area contributed by atoms with E-state index in [4.69, 9.17) is 9.47 Å². The highest BCUT2D eigenvalue weighted by Gasteiger charge is 2.73. The summed E-state index contributed by atoms with van der Waals surface area (Å²) >= 11 is 0. The van der Waals surface area contributed by atoms with Gasteiger partial charge in [-0.1, -0.05) is 25.0 Å². The number of fused-ring (bicyclic) bond motifs is 1. The van der Waals surface area contributed by atoms with E-state index in [1.165, 1.54) is 57.9 Å². The second-order valence-electron chi connectivity index (χ2n) is 15.7. The molecule has 0 radical (unpaired) electrons. The minimum Gasteiger partial charge on any atom is -0.504 e. The van der Waals surface area contributed by atoms with E-state index in [1.807, 2.05) is 6.07 Å². The summed E-state index contributed by atoms with van der Waals surface area (Å²) in [7, 11) is 4.12. The van der Waals surface area contributed by atoms with Gasteiger partial charge in [0.25, 0.3) is 0 Å². The molecule has 45 heavy (non-hydrogen) atoms. The van der Waals surface area contributed by atoms with Crippen LogP contribution in [0.25, 0.3) is 0 Å². The molecule has 0 amide bonds. The summed E-state index contributed by atoms with van der Waals surface area (Å²) in [5.74, 6) is 3.30. The topological polar surface area (TPSA) is 82.5 Å². The lowest BCUT2D eigenvalue weighted by atomic mass is 9.49. The van der Waals surface area contributed by atoms with Gasteiger partial charge in [-0.2, -0.15) is 0 Å². The van der Waals surface area contributed by atoms with Gasteiger partial charge in [-0.15, -0.1) is 0 Å². The van der Waals surface area contributed by atoms with Gasteiger partial charge in [0.15, 0.2) is 23.4 Å². The number of rotatable bonds is 3. The van der Waals surface area contributed by atoms with Crippen molar-refractivity contribution in [2.24, 2.45) is 11.8 Å². The maximum Gasteiger partial charge on any atom is 0.174 e. The number of piperidine rings is 2. The van der Waals surface area contributed by atoms with Crippen LogP contribution in [0.15, 0.2) is 30.3 Å². The number of aromatic hydroxyl groups is 1. The molecule has 1 spiro atoms. The molecule has 7 nitrogen and oxygen atoms in total. The number of Topliss-reactive ketones (excluding diaryl/α,β-unsaturated/α-hetero) is 1. The molecule has 2 saturated heterocycles. The summed E-state index contributed by atoms with van der Waals surface area (Å²) < 4.78 is 11.5. The van der Waals surface area contributed by atoms with Crippen molar-refractivity contribution in [2.45, 2.75) is 112 Å². The van der Waals surface area contributed by atoms with Gasteiger partial charge in [-0.3, -0.25) is 9.69 Å². The van der Waals surface area contributed by atoms with Gasteiger partial charge in [0.05, 0.1) is 18.1 Å². The average Bonchev–Trinajstić information content (AvgIpc) is 3.80. The minimum atomic E-state index is -0.940. The SMILES string of the molecule is COc1ccc2c(c1)[C@]13CCCC[C@@H]1[C@H](C2)N(C)CC3.O=C1CC[C@@]2(O)[C@H]3Cc4ccc(O)c5c4[C@@]2(CCN3CC2CC2)[C@H]1O5. The number of aliphatic hydroxyl groups is 1. The Morgan fingerprint density at radius 3 is 2.67 bits per heavy atom. The fraction of sp³-hybridized carbons (Fsp3) is 0.658. The lowest BCUT2D eigenvalue weighted by molar-refractivity contribution is -0.188. The van der Waals surface area contributed by atoms with Crippen molar-refractivity contribution in [3.05, 3.63) is 52.6 Å². The predicted octanol–water partition coefficient (Wildman–Crippen LogP) is 4.91. The van der Waals surface area contributed by atoms with Crippen LogP contribution in [-0.2, 0) is 28.5 Å². The molecule has 4 bridgehead atoms. The summed E-state index contributed by atoms with van der Waals surface area (Å²) in [5.41, 5.74) is 4.12. The Hall–Kier alpha value is -2.61. The third-order valence-electron chi connectivity index (χ3n) is 13.9. The first-order chi connectivity index (χ1) is 21.8. The number of carbonyl (C=O) groups is 1. The molecule has 3 aliphatic heterocycles. The van der Waals surface area contributed by atoms with Crippen LogP contribution in [0.1, 0.15) is 86.5 Å². The van der Waals surface area contributed by atoms with E-state index >= 15 is 0 Å². The van der Waals surface area contributed by atoms with Crippen LogP contribution in [0.2, 0.25) is 0 Å². The third-order valence-corrected chi connectivity index (χ3v) is 13.9. The van der Waals surface area contributed by atoms with Crippen LogP contribution in [0, 0.1) is 11.8 Å². The monoisotopic (exact) mass is 612 g/mol. The molecule has 2 N–H and O–H groups in total. The quantitative estimate of drug-likeness (QED) is 0.510. The van der Waals surface area contributed by atoms with Crippen LogP contribution < -0.4 is 9.47 Å². The molecule has 240 valence electrons. The van der Waals surface area contributed by atoms with Crippen molar-refractivity contribution in [1.82, 2.24) is 9.80 Å². The highest BCUT2D eigenvalue weighted by Crippen LogP contribution is 2.65. The maximum atomic E-state index is 12.7. The largest absolute Gasteiger partial charge is 0.504 e.